The molecule has 0 spiro atoms. The van der Waals surface area contributed by atoms with Crippen molar-refractivity contribution in [2.45, 2.75) is 44.9 Å². The fourth-order valence-corrected chi connectivity index (χ4v) is 5.30. The van der Waals surface area contributed by atoms with Gasteiger partial charge in [-0.2, -0.15) is 0 Å². The molecule has 0 amide bonds. The molecule has 30 heavy (non-hydrogen) atoms. The van der Waals surface area contributed by atoms with Crippen LogP contribution in [0.25, 0.3) is 21.7 Å². The van der Waals surface area contributed by atoms with Crippen molar-refractivity contribution in [2.24, 2.45) is 0 Å². The third kappa shape index (κ3) is 3.95. The number of aromatic nitrogens is 4. The molecule has 0 aliphatic heterocycles. The van der Waals surface area contributed by atoms with Crippen molar-refractivity contribution in [1.29, 1.82) is 0 Å². The van der Waals surface area contributed by atoms with E-state index in [4.69, 9.17) is 9.15 Å². The number of hydrogen-bond donors (Lipinski definition) is 0. The zero-order chi connectivity index (χ0) is 21.4. The minimum atomic E-state index is -0.346. The number of esters is 1. The van der Waals surface area contributed by atoms with Gasteiger partial charge in [-0.1, -0.05) is 17.2 Å². The second kappa shape index (κ2) is 8.16. The average Bonchev–Trinajstić information content (AvgIpc) is 3.26. The maximum absolute atomic E-state index is 12.3. The highest BCUT2D eigenvalue weighted by molar-refractivity contribution is 7.99. The number of carbonyl (C=O) groups is 1. The highest BCUT2D eigenvalue weighted by Crippen LogP contribution is 2.38. The van der Waals surface area contributed by atoms with Crippen molar-refractivity contribution < 1.29 is 13.9 Å². The summed E-state index contributed by atoms with van der Waals surface area (Å²) in [5.74, 6) is 0.720. The SMILES string of the molecule is CCOC(=O)c1sc2nc(C)nc(Sc3nnc(-c4cc(C)cc(C)c4)o3)c2c1C. The first-order valence-corrected chi connectivity index (χ1v) is 11.0. The van der Waals surface area contributed by atoms with Crippen molar-refractivity contribution in [3.63, 3.8) is 0 Å². The standard InChI is InChI=1S/C21H20N4O3S2/c1-6-27-20(26)16-12(4)15-18(29-16)22-13(5)23-19(15)30-21-25-24-17(28-21)14-8-10(2)7-11(3)9-14/h7-9H,6H2,1-5H3. The van der Waals surface area contributed by atoms with Crippen LogP contribution in [0.1, 0.15) is 39.1 Å². The predicted octanol–water partition coefficient (Wildman–Crippen LogP) is 5.30. The van der Waals surface area contributed by atoms with Crippen molar-refractivity contribution in [3.05, 3.63) is 45.6 Å². The Labute approximate surface area is 181 Å². The fraction of sp³-hybridized carbons (Fsp3) is 0.286. The molecular weight excluding hydrogens is 420 g/mol. The summed E-state index contributed by atoms with van der Waals surface area (Å²) in [4.78, 5) is 22.6. The molecule has 7 nitrogen and oxygen atoms in total. The molecule has 9 heteroatoms. The van der Waals surface area contributed by atoms with Gasteiger partial charge in [-0.05, 0) is 64.1 Å². The number of ether oxygens (including phenoxy) is 1. The molecule has 154 valence electrons. The Morgan fingerprint density at radius 1 is 1.10 bits per heavy atom. The number of thiophene rings is 1. The summed E-state index contributed by atoms with van der Waals surface area (Å²) in [6, 6.07) is 6.11. The minimum Gasteiger partial charge on any atom is -0.462 e. The number of hydrogen-bond acceptors (Lipinski definition) is 9. The van der Waals surface area contributed by atoms with Crippen molar-refractivity contribution in [1.82, 2.24) is 20.2 Å². The molecule has 1 aromatic carbocycles. The summed E-state index contributed by atoms with van der Waals surface area (Å²) in [6.45, 7) is 9.86. The highest BCUT2D eigenvalue weighted by atomic mass is 32.2. The molecule has 0 saturated heterocycles. The third-order valence-corrected chi connectivity index (χ3v) is 6.38. The molecule has 0 aliphatic rings. The molecule has 4 aromatic rings. The first-order valence-electron chi connectivity index (χ1n) is 9.40. The van der Waals surface area contributed by atoms with E-state index in [1.165, 1.54) is 23.1 Å². The topological polar surface area (TPSA) is 91.0 Å². The van der Waals surface area contributed by atoms with Gasteiger partial charge in [0.05, 0.1) is 6.61 Å². The van der Waals surface area contributed by atoms with Crippen LogP contribution in [-0.2, 0) is 4.74 Å². The van der Waals surface area contributed by atoms with Gasteiger partial charge < -0.3 is 9.15 Å². The Bertz CT molecular complexity index is 1240. The molecule has 0 atom stereocenters. The number of nitrogens with zero attached hydrogens (tertiary/aromatic N) is 4. The lowest BCUT2D eigenvalue weighted by molar-refractivity contribution is 0.0531. The first-order chi connectivity index (χ1) is 14.4. The summed E-state index contributed by atoms with van der Waals surface area (Å²) in [5, 5.41) is 10.2. The van der Waals surface area contributed by atoms with Gasteiger partial charge in [0.15, 0.2) is 0 Å². The number of aryl methyl sites for hydroxylation is 4. The van der Waals surface area contributed by atoms with Crippen LogP contribution in [0.2, 0.25) is 0 Å². The van der Waals surface area contributed by atoms with Crippen molar-refractivity contribution in [3.8, 4) is 11.5 Å². The van der Waals surface area contributed by atoms with E-state index in [0.717, 1.165) is 32.5 Å². The zero-order valence-electron chi connectivity index (χ0n) is 17.3. The highest BCUT2D eigenvalue weighted by Gasteiger charge is 2.22. The molecule has 3 heterocycles. The lowest BCUT2D eigenvalue weighted by Crippen LogP contribution is -2.03. The van der Waals surface area contributed by atoms with Crippen LogP contribution in [0.15, 0.2) is 32.9 Å². The maximum Gasteiger partial charge on any atom is 0.348 e. The normalized spacial score (nSPS) is 11.2. The Kier molecular flexibility index (Phi) is 5.57. The van der Waals surface area contributed by atoms with E-state index in [-0.39, 0.29) is 5.97 Å². The number of benzene rings is 1. The van der Waals surface area contributed by atoms with E-state index in [1.54, 1.807) is 6.92 Å². The van der Waals surface area contributed by atoms with Gasteiger partial charge in [0.1, 0.15) is 20.6 Å². The van der Waals surface area contributed by atoms with E-state index in [9.17, 15) is 4.79 Å². The van der Waals surface area contributed by atoms with E-state index >= 15 is 0 Å². The summed E-state index contributed by atoms with van der Waals surface area (Å²) in [6.07, 6.45) is 0. The van der Waals surface area contributed by atoms with Gasteiger partial charge in [0.25, 0.3) is 5.22 Å². The van der Waals surface area contributed by atoms with E-state index < -0.39 is 0 Å². The largest absolute Gasteiger partial charge is 0.462 e. The van der Waals surface area contributed by atoms with Gasteiger partial charge in [-0.15, -0.1) is 21.5 Å². The molecule has 0 fully saturated rings. The molecule has 0 saturated carbocycles. The monoisotopic (exact) mass is 440 g/mol. The maximum atomic E-state index is 12.3. The van der Waals surface area contributed by atoms with E-state index in [2.05, 4.69) is 26.2 Å². The van der Waals surface area contributed by atoms with Gasteiger partial charge >= 0.3 is 5.97 Å². The first kappa shape index (κ1) is 20.5. The van der Waals surface area contributed by atoms with Crippen LogP contribution in [0, 0.1) is 27.7 Å². The summed E-state index contributed by atoms with van der Waals surface area (Å²) < 4.78 is 11.1. The number of rotatable bonds is 5. The molecular formula is C21H20N4O3S2. The summed E-state index contributed by atoms with van der Waals surface area (Å²) in [5.41, 5.74) is 3.94. The lowest BCUT2D eigenvalue weighted by Gasteiger charge is -2.03. The van der Waals surface area contributed by atoms with Gasteiger partial charge in [0.2, 0.25) is 5.89 Å². The summed E-state index contributed by atoms with van der Waals surface area (Å²) >= 11 is 2.58. The van der Waals surface area contributed by atoms with Gasteiger partial charge in [0, 0.05) is 10.9 Å². The number of fused-ring (bicyclic) bond motifs is 1. The molecule has 0 N–H and O–H groups in total. The second-order valence-corrected chi connectivity index (χ2v) is 8.82. The Hall–Kier alpha value is -2.78. The Balaban J connectivity index is 1.72. The Morgan fingerprint density at radius 2 is 1.83 bits per heavy atom. The smallest absolute Gasteiger partial charge is 0.348 e. The second-order valence-electron chi connectivity index (χ2n) is 6.88. The lowest BCUT2D eigenvalue weighted by atomic mass is 10.1. The van der Waals surface area contributed by atoms with Crippen molar-refractivity contribution >= 4 is 39.3 Å². The quantitative estimate of drug-likeness (QED) is 0.305. The fourth-order valence-electron chi connectivity index (χ4n) is 3.22. The van der Waals surface area contributed by atoms with Crippen LogP contribution in [0.4, 0.5) is 0 Å². The van der Waals surface area contributed by atoms with E-state index in [1.807, 2.05) is 39.8 Å². The van der Waals surface area contributed by atoms with Crippen LogP contribution in [0.3, 0.4) is 0 Å². The molecule has 0 aliphatic carbocycles. The third-order valence-electron chi connectivity index (χ3n) is 4.39. The molecule has 4 rings (SSSR count). The van der Waals surface area contributed by atoms with Crippen LogP contribution in [-0.4, -0.2) is 32.7 Å². The van der Waals surface area contributed by atoms with Crippen LogP contribution in [0.5, 0.6) is 0 Å². The zero-order valence-corrected chi connectivity index (χ0v) is 18.9. The molecule has 0 radical (unpaired) electrons. The van der Waals surface area contributed by atoms with Gasteiger partial charge in [-0.25, -0.2) is 14.8 Å². The predicted molar refractivity (Wildman–Crippen MR) is 116 cm³/mol. The molecule has 0 unspecified atom stereocenters. The van der Waals surface area contributed by atoms with Crippen LogP contribution >= 0.6 is 23.1 Å². The summed E-state index contributed by atoms with van der Waals surface area (Å²) in [7, 11) is 0. The van der Waals surface area contributed by atoms with E-state index in [0.29, 0.717) is 33.4 Å². The minimum absolute atomic E-state index is 0.321. The number of carbonyl (C=O) groups excluding carboxylic acids is 1. The molecule has 0 bridgehead atoms. The average molecular weight is 441 g/mol. The van der Waals surface area contributed by atoms with Crippen molar-refractivity contribution in [2.75, 3.05) is 6.61 Å². The molecule has 3 aromatic heterocycles. The Morgan fingerprint density at radius 3 is 2.53 bits per heavy atom. The van der Waals surface area contributed by atoms with Crippen LogP contribution < -0.4 is 0 Å². The van der Waals surface area contributed by atoms with Gasteiger partial charge in [-0.3, -0.25) is 0 Å².